The number of halogens is 1. The van der Waals surface area contributed by atoms with E-state index in [4.69, 9.17) is 4.74 Å². The summed E-state index contributed by atoms with van der Waals surface area (Å²) in [7, 11) is 3.56. The summed E-state index contributed by atoms with van der Waals surface area (Å²) >= 11 is 0. The Morgan fingerprint density at radius 1 is 1.07 bits per heavy atom. The summed E-state index contributed by atoms with van der Waals surface area (Å²) in [6, 6.07) is 20.2. The van der Waals surface area contributed by atoms with Crippen LogP contribution in [0.1, 0.15) is 36.5 Å². The van der Waals surface area contributed by atoms with E-state index < -0.39 is 0 Å². The van der Waals surface area contributed by atoms with Crippen LogP contribution >= 0.6 is 24.0 Å². The molecule has 0 saturated carbocycles. The van der Waals surface area contributed by atoms with Crippen molar-refractivity contribution in [1.82, 2.24) is 15.5 Å². The molecule has 1 aliphatic heterocycles. The second-order valence-corrected chi connectivity index (χ2v) is 7.85. The fraction of sp³-hybridized carbons (Fsp3) is 0.458. The minimum atomic E-state index is 0. The Kier molecular flexibility index (Phi) is 10.6. The maximum Gasteiger partial charge on any atom is 0.191 e. The van der Waals surface area contributed by atoms with Gasteiger partial charge in [-0.3, -0.25) is 9.89 Å². The van der Waals surface area contributed by atoms with Crippen LogP contribution < -0.4 is 10.6 Å². The van der Waals surface area contributed by atoms with E-state index >= 15 is 0 Å². The summed E-state index contributed by atoms with van der Waals surface area (Å²) in [5.74, 6) is 0.875. The number of hydrogen-bond donors (Lipinski definition) is 2. The lowest BCUT2D eigenvalue weighted by Gasteiger charge is -2.38. The molecule has 0 spiro atoms. The normalized spacial score (nSPS) is 19.8. The van der Waals surface area contributed by atoms with E-state index in [2.05, 4.69) is 82.0 Å². The molecule has 0 aromatic heterocycles. The molecule has 0 radical (unpaired) electrons. The van der Waals surface area contributed by atoms with Crippen molar-refractivity contribution in [3.63, 3.8) is 0 Å². The summed E-state index contributed by atoms with van der Waals surface area (Å²) in [5, 5.41) is 7.06. The molecule has 1 fully saturated rings. The minimum absolute atomic E-state index is 0. The van der Waals surface area contributed by atoms with Crippen molar-refractivity contribution in [3.05, 3.63) is 71.3 Å². The predicted octanol–water partition coefficient (Wildman–Crippen LogP) is 4.17. The number of aliphatic imine (C=N–C) groups is 1. The maximum absolute atomic E-state index is 5.17. The number of methoxy groups -OCH3 is 1. The molecule has 2 unspecified atom stereocenters. The molecule has 30 heavy (non-hydrogen) atoms. The Hall–Kier alpha value is -1.64. The molecule has 164 valence electrons. The molecular weight excluding hydrogens is 487 g/mol. The molecule has 2 atom stereocenters. The van der Waals surface area contributed by atoms with Crippen molar-refractivity contribution in [3.8, 4) is 0 Å². The van der Waals surface area contributed by atoms with Gasteiger partial charge in [0.25, 0.3) is 0 Å². The first-order chi connectivity index (χ1) is 14.2. The van der Waals surface area contributed by atoms with E-state index in [0.29, 0.717) is 18.7 Å². The molecule has 0 aliphatic carbocycles. The number of guanidine groups is 1. The first kappa shape index (κ1) is 24.6. The number of piperidine rings is 1. The smallest absolute Gasteiger partial charge is 0.191 e. The number of benzene rings is 2. The minimum Gasteiger partial charge on any atom is -0.380 e. The van der Waals surface area contributed by atoms with E-state index in [9.17, 15) is 0 Å². The largest absolute Gasteiger partial charge is 0.380 e. The van der Waals surface area contributed by atoms with Gasteiger partial charge in [-0.2, -0.15) is 0 Å². The quantitative estimate of drug-likeness (QED) is 0.326. The molecule has 5 nitrogen and oxygen atoms in total. The highest BCUT2D eigenvalue weighted by Gasteiger charge is 2.25. The Balaban J connectivity index is 0.00000320. The van der Waals surface area contributed by atoms with Gasteiger partial charge in [0.2, 0.25) is 0 Å². The van der Waals surface area contributed by atoms with Crippen molar-refractivity contribution in [2.75, 3.05) is 20.7 Å². The highest BCUT2D eigenvalue weighted by molar-refractivity contribution is 14.0. The fourth-order valence-corrected chi connectivity index (χ4v) is 3.90. The van der Waals surface area contributed by atoms with Gasteiger partial charge in [0.05, 0.1) is 6.61 Å². The van der Waals surface area contributed by atoms with Gasteiger partial charge in [0.15, 0.2) is 5.96 Å². The summed E-state index contributed by atoms with van der Waals surface area (Å²) in [6.45, 7) is 5.87. The molecule has 1 saturated heterocycles. The Morgan fingerprint density at radius 2 is 1.77 bits per heavy atom. The zero-order valence-electron chi connectivity index (χ0n) is 18.3. The standard InChI is InChI=1S/C24H34N4O.HI/c1-19-15-23(13-14-28(19)17-21-7-5-4-6-8-21)27-24(25-2)26-16-20-9-11-22(12-10-20)18-29-3;/h4-12,19,23H,13-18H2,1-3H3,(H2,25,26,27);1H. The topological polar surface area (TPSA) is 48.9 Å². The zero-order chi connectivity index (χ0) is 20.5. The second kappa shape index (κ2) is 12.9. The predicted molar refractivity (Wildman–Crippen MR) is 135 cm³/mol. The van der Waals surface area contributed by atoms with Crippen molar-refractivity contribution in [2.45, 2.75) is 51.5 Å². The number of rotatable bonds is 7. The van der Waals surface area contributed by atoms with Gasteiger partial charge < -0.3 is 15.4 Å². The van der Waals surface area contributed by atoms with Crippen LogP contribution in [0.4, 0.5) is 0 Å². The van der Waals surface area contributed by atoms with Crippen molar-refractivity contribution in [1.29, 1.82) is 0 Å². The highest BCUT2D eigenvalue weighted by Crippen LogP contribution is 2.20. The molecule has 2 N–H and O–H groups in total. The molecule has 0 bridgehead atoms. The van der Waals surface area contributed by atoms with Crippen LogP contribution in [-0.4, -0.2) is 43.6 Å². The van der Waals surface area contributed by atoms with Crippen LogP contribution in [0.2, 0.25) is 0 Å². The lowest BCUT2D eigenvalue weighted by Crippen LogP contribution is -2.51. The van der Waals surface area contributed by atoms with Gasteiger partial charge in [-0.05, 0) is 36.5 Å². The van der Waals surface area contributed by atoms with E-state index in [-0.39, 0.29) is 24.0 Å². The van der Waals surface area contributed by atoms with Crippen LogP contribution in [0.5, 0.6) is 0 Å². The summed E-state index contributed by atoms with van der Waals surface area (Å²) < 4.78 is 5.17. The number of likely N-dealkylation sites (tertiary alicyclic amines) is 1. The van der Waals surface area contributed by atoms with Crippen LogP contribution in [-0.2, 0) is 24.4 Å². The van der Waals surface area contributed by atoms with Crippen molar-refractivity contribution < 1.29 is 4.74 Å². The average molecular weight is 522 g/mol. The third-order valence-electron chi connectivity index (χ3n) is 5.60. The molecular formula is C24H35IN4O. The van der Waals surface area contributed by atoms with Gasteiger partial charge >= 0.3 is 0 Å². The molecule has 2 aromatic rings. The summed E-state index contributed by atoms with van der Waals surface area (Å²) in [4.78, 5) is 6.99. The zero-order valence-corrected chi connectivity index (χ0v) is 20.6. The monoisotopic (exact) mass is 522 g/mol. The molecule has 3 rings (SSSR count). The third-order valence-corrected chi connectivity index (χ3v) is 5.60. The van der Waals surface area contributed by atoms with Crippen LogP contribution in [0.15, 0.2) is 59.6 Å². The second-order valence-electron chi connectivity index (χ2n) is 7.85. The van der Waals surface area contributed by atoms with E-state index in [1.54, 1.807) is 7.11 Å². The average Bonchev–Trinajstić information content (AvgIpc) is 2.75. The third kappa shape index (κ3) is 7.56. The summed E-state index contributed by atoms with van der Waals surface area (Å²) in [6.07, 6.45) is 2.25. The van der Waals surface area contributed by atoms with E-state index in [1.807, 2.05) is 7.05 Å². The summed E-state index contributed by atoms with van der Waals surface area (Å²) in [5.41, 5.74) is 3.81. The number of ether oxygens (including phenoxy) is 1. The van der Waals surface area contributed by atoms with Crippen LogP contribution in [0.3, 0.4) is 0 Å². The van der Waals surface area contributed by atoms with E-state index in [0.717, 1.165) is 38.4 Å². The lowest BCUT2D eigenvalue weighted by molar-refractivity contribution is 0.134. The Bertz CT molecular complexity index is 767. The van der Waals surface area contributed by atoms with Crippen molar-refractivity contribution >= 4 is 29.9 Å². The number of hydrogen-bond acceptors (Lipinski definition) is 3. The SMILES string of the molecule is CN=C(NCc1ccc(COC)cc1)NC1CCN(Cc2ccccc2)C(C)C1.I. The van der Waals surface area contributed by atoms with Gasteiger partial charge in [-0.15, -0.1) is 24.0 Å². The molecule has 6 heteroatoms. The van der Waals surface area contributed by atoms with Crippen LogP contribution in [0, 0.1) is 0 Å². The fourth-order valence-electron chi connectivity index (χ4n) is 3.90. The maximum atomic E-state index is 5.17. The van der Waals surface area contributed by atoms with Gasteiger partial charge in [0.1, 0.15) is 0 Å². The Morgan fingerprint density at radius 3 is 2.40 bits per heavy atom. The number of nitrogens with one attached hydrogen (secondary N) is 2. The van der Waals surface area contributed by atoms with Gasteiger partial charge in [-0.25, -0.2) is 0 Å². The molecule has 1 heterocycles. The highest BCUT2D eigenvalue weighted by atomic mass is 127. The molecule has 1 aliphatic rings. The van der Waals surface area contributed by atoms with Crippen LogP contribution in [0.25, 0.3) is 0 Å². The molecule has 2 aromatic carbocycles. The van der Waals surface area contributed by atoms with E-state index in [1.165, 1.54) is 16.7 Å². The number of nitrogens with zero attached hydrogens (tertiary/aromatic N) is 2. The van der Waals surface area contributed by atoms with Gasteiger partial charge in [-0.1, -0.05) is 54.6 Å². The Labute approximate surface area is 198 Å². The lowest BCUT2D eigenvalue weighted by atomic mass is 9.97. The first-order valence-corrected chi connectivity index (χ1v) is 10.5. The molecule has 0 amide bonds. The van der Waals surface area contributed by atoms with Gasteiger partial charge in [0, 0.05) is 45.9 Å². The van der Waals surface area contributed by atoms with Crippen molar-refractivity contribution in [2.24, 2.45) is 4.99 Å². The first-order valence-electron chi connectivity index (χ1n) is 10.5.